The second kappa shape index (κ2) is 9.50. The zero-order valence-corrected chi connectivity index (χ0v) is 9.01. The van der Waals surface area contributed by atoms with Crippen molar-refractivity contribution in [3.05, 3.63) is 11.6 Å². The topological polar surface area (TPSA) is 17.1 Å². The van der Waals surface area contributed by atoms with Crippen LogP contribution in [0.2, 0.25) is 0 Å². The SMILES string of the molecule is CCCCC/C=C(/C=O)CCCC. The van der Waals surface area contributed by atoms with Gasteiger partial charge in [-0.3, -0.25) is 4.79 Å². The van der Waals surface area contributed by atoms with Crippen molar-refractivity contribution in [2.24, 2.45) is 0 Å². The molecule has 0 spiro atoms. The van der Waals surface area contributed by atoms with Crippen LogP contribution < -0.4 is 0 Å². The Balaban J connectivity index is 3.58. The molecule has 0 atom stereocenters. The highest BCUT2D eigenvalue weighted by Gasteiger charge is 1.93. The Morgan fingerprint density at radius 3 is 2.31 bits per heavy atom. The van der Waals surface area contributed by atoms with Gasteiger partial charge in [0.1, 0.15) is 6.29 Å². The monoisotopic (exact) mass is 182 g/mol. The van der Waals surface area contributed by atoms with Crippen molar-refractivity contribution in [2.75, 3.05) is 0 Å². The van der Waals surface area contributed by atoms with Crippen LogP contribution in [0.3, 0.4) is 0 Å². The maximum Gasteiger partial charge on any atom is 0.145 e. The van der Waals surface area contributed by atoms with Crippen LogP contribution in [0.25, 0.3) is 0 Å². The first-order chi connectivity index (χ1) is 6.35. The Morgan fingerprint density at radius 1 is 1.08 bits per heavy atom. The second-order valence-electron chi connectivity index (χ2n) is 3.50. The number of rotatable bonds is 8. The van der Waals surface area contributed by atoms with Crippen molar-refractivity contribution in [3.8, 4) is 0 Å². The zero-order valence-electron chi connectivity index (χ0n) is 9.01. The molecule has 13 heavy (non-hydrogen) atoms. The van der Waals surface area contributed by atoms with E-state index in [0.717, 1.165) is 31.1 Å². The van der Waals surface area contributed by atoms with Gasteiger partial charge in [-0.05, 0) is 31.3 Å². The van der Waals surface area contributed by atoms with E-state index < -0.39 is 0 Å². The summed E-state index contributed by atoms with van der Waals surface area (Å²) in [4.78, 5) is 10.6. The Hall–Kier alpha value is -0.590. The van der Waals surface area contributed by atoms with Crippen LogP contribution in [-0.2, 0) is 4.79 Å². The molecule has 76 valence electrons. The van der Waals surface area contributed by atoms with Crippen LogP contribution >= 0.6 is 0 Å². The number of carbonyl (C=O) groups is 1. The molecular weight excluding hydrogens is 160 g/mol. The minimum Gasteiger partial charge on any atom is -0.298 e. The van der Waals surface area contributed by atoms with Crippen molar-refractivity contribution in [1.29, 1.82) is 0 Å². The summed E-state index contributed by atoms with van der Waals surface area (Å²) in [6.07, 6.45) is 11.2. The molecule has 0 bridgehead atoms. The summed E-state index contributed by atoms with van der Waals surface area (Å²) in [5.41, 5.74) is 0.998. The minimum atomic E-state index is 0.964. The third-order valence-corrected chi connectivity index (χ3v) is 2.18. The van der Waals surface area contributed by atoms with E-state index in [1.54, 1.807) is 0 Å². The predicted octanol–water partition coefficient (Wildman–Crippen LogP) is 3.88. The molecule has 0 aliphatic rings. The number of hydrogen-bond acceptors (Lipinski definition) is 1. The normalized spacial score (nSPS) is 11.7. The van der Waals surface area contributed by atoms with E-state index in [1.165, 1.54) is 25.7 Å². The van der Waals surface area contributed by atoms with Crippen LogP contribution in [0.15, 0.2) is 11.6 Å². The lowest BCUT2D eigenvalue weighted by molar-refractivity contribution is -0.105. The van der Waals surface area contributed by atoms with Crippen LogP contribution in [0.4, 0.5) is 0 Å². The molecule has 0 aliphatic carbocycles. The molecule has 1 heteroatoms. The highest BCUT2D eigenvalue weighted by Crippen LogP contribution is 2.08. The van der Waals surface area contributed by atoms with Gasteiger partial charge in [-0.15, -0.1) is 0 Å². The number of aldehydes is 1. The summed E-state index contributed by atoms with van der Waals surface area (Å²) in [5, 5.41) is 0. The molecule has 0 aromatic rings. The van der Waals surface area contributed by atoms with Crippen molar-refractivity contribution in [3.63, 3.8) is 0 Å². The summed E-state index contributed by atoms with van der Waals surface area (Å²) in [7, 11) is 0. The lowest BCUT2D eigenvalue weighted by Crippen LogP contribution is -1.85. The van der Waals surface area contributed by atoms with Gasteiger partial charge in [0.15, 0.2) is 0 Å². The first kappa shape index (κ1) is 12.4. The van der Waals surface area contributed by atoms with E-state index in [2.05, 4.69) is 19.9 Å². The first-order valence-electron chi connectivity index (χ1n) is 5.49. The number of carbonyl (C=O) groups excluding carboxylic acids is 1. The quantitative estimate of drug-likeness (QED) is 0.316. The summed E-state index contributed by atoms with van der Waals surface area (Å²) in [6.45, 7) is 4.35. The molecule has 0 rings (SSSR count). The van der Waals surface area contributed by atoms with Gasteiger partial charge in [0, 0.05) is 0 Å². The van der Waals surface area contributed by atoms with E-state index in [0.29, 0.717) is 0 Å². The lowest BCUT2D eigenvalue weighted by atomic mass is 10.1. The summed E-state index contributed by atoms with van der Waals surface area (Å²) >= 11 is 0. The molecule has 0 N–H and O–H groups in total. The van der Waals surface area contributed by atoms with Crippen molar-refractivity contribution in [1.82, 2.24) is 0 Å². The lowest BCUT2D eigenvalue weighted by Gasteiger charge is -1.98. The fourth-order valence-corrected chi connectivity index (χ4v) is 1.27. The molecular formula is C12H22O. The Bertz CT molecular complexity index is 147. The Labute approximate surface area is 82.2 Å². The maximum absolute atomic E-state index is 10.6. The zero-order chi connectivity index (χ0) is 9.94. The van der Waals surface area contributed by atoms with Gasteiger partial charge in [-0.2, -0.15) is 0 Å². The molecule has 0 amide bonds. The maximum atomic E-state index is 10.6. The fraction of sp³-hybridized carbons (Fsp3) is 0.750. The van der Waals surface area contributed by atoms with E-state index in [9.17, 15) is 4.79 Å². The van der Waals surface area contributed by atoms with E-state index >= 15 is 0 Å². The Morgan fingerprint density at radius 2 is 1.77 bits per heavy atom. The highest BCUT2D eigenvalue weighted by molar-refractivity contribution is 5.72. The molecule has 0 heterocycles. The molecule has 1 nitrogen and oxygen atoms in total. The van der Waals surface area contributed by atoms with Gasteiger partial charge in [0.2, 0.25) is 0 Å². The van der Waals surface area contributed by atoms with E-state index in [4.69, 9.17) is 0 Å². The second-order valence-corrected chi connectivity index (χ2v) is 3.50. The van der Waals surface area contributed by atoms with Crippen molar-refractivity contribution >= 4 is 6.29 Å². The fourth-order valence-electron chi connectivity index (χ4n) is 1.27. The molecule has 0 unspecified atom stereocenters. The van der Waals surface area contributed by atoms with Gasteiger partial charge < -0.3 is 0 Å². The van der Waals surface area contributed by atoms with Gasteiger partial charge in [0.25, 0.3) is 0 Å². The summed E-state index contributed by atoms with van der Waals surface area (Å²) in [6, 6.07) is 0. The van der Waals surface area contributed by atoms with Crippen LogP contribution in [-0.4, -0.2) is 6.29 Å². The van der Waals surface area contributed by atoms with Gasteiger partial charge in [-0.25, -0.2) is 0 Å². The predicted molar refractivity (Wildman–Crippen MR) is 57.8 cm³/mol. The summed E-state index contributed by atoms with van der Waals surface area (Å²) < 4.78 is 0. The standard InChI is InChI=1S/C12H22O/c1-3-5-7-8-10-12(11-13)9-6-4-2/h10-11H,3-9H2,1-2H3/b12-10+. The van der Waals surface area contributed by atoms with Crippen molar-refractivity contribution in [2.45, 2.75) is 58.8 Å². The molecule has 0 aliphatic heterocycles. The van der Waals surface area contributed by atoms with Gasteiger partial charge in [-0.1, -0.05) is 39.2 Å². The van der Waals surface area contributed by atoms with E-state index in [-0.39, 0.29) is 0 Å². The third kappa shape index (κ3) is 7.76. The van der Waals surface area contributed by atoms with E-state index in [1.807, 2.05) is 0 Å². The van der Waals surface area contributed by atoms with Gasteiger partial charge in [0.05, 0.1) is 0 Å². The van der Waals surface area contributed by atoms with Crippen LogP contribution in [0.5, 0.6) is 0 Å². The number of unbranched alkanes of at least 4 members (excludes halogenated alkanes) is 4. The van der Waals surface area contributed by atoms with Crippen LogP contribution in [0, 0.1) is 0 Å². The first-order valence-corrected chi connectivity index (χ1v) is 5.49. The smallest absolute Gasteiger partial charge is 0.145 e. The molecule has 0 aromatic carbocycles. The highest BCUT2D eigenvalue weighted by atomic mass is 16.1. The third-order valence-electron chi connectivity index (χ3n) is 2.18. The number of hydrogen-bond donors (Lipinski definition) is 0. The molecule has 0 saturated heterocycles. The van der Waals surface area contributed by atoms with Gasteiger partial charge >= 0.3 is 0 Å². The molecule has 0 radical (unpaired) electrons. The average molecular weight is 182 g/mol. The summed E-state index contributed by atoms with van der Waals surface area (Å²) in [5.74, 6) is 0. The number of allylic oxidation sites excluding steroid dienone is 2. The largest absolute Gasteiger partial charge is 0.298 e. The Kier molecular flexibility index (Phi) is 9.07. The minimum absolute atomic E-state index is 0.964. The molecule has 0 aromatic heterocycles. The molecule has 0 fully saturated rings. The molecule has 0 saturated carbocycles. The van der Waals surface area contributed by atoms with Crippen molar-refractivity contribution < 1.29 is 4.79 Å². The average Bonchev–Trinajstić information content (AvgIpc) is 2.17. The van der Waals surface area contributed by atoms with Crippen LogP contribution in [0.1, 0.15) is 58.8 Å².